The van der Waals surface area contributed by atoms with Crippen molar-refractivity contribution in [3.05, 3.63) is 23.8 Å². The molecule has 0 aromatic rings. The Morgan fingerprint density at radius 1 is 0.840 bits per heavy atom. The maximum atomic E-state index is 14.5. The molecule has 3 aliphatic carbocycles. The molecule has 2 N–H and O–H groups in total. The summed E-state index contributed by atoms with van der Waals surface area (Å²) >= 11 is 0. The van der Waals surface area contributed by atoms with Gasteiger partial charge in [-0.2, -0.15) is 0 Å². The Bertz CT molecular complexity index is 1240. The average Bonchev–Trinajstić information content (AvgIpc) is 3.68. The number of hydrogen-bond donors (Lipinski definition) is 1. The molecular formula is C39H61NO10. The van der Waals surface area contributed by atoms with E-state index in [-0.39, 0.29) is 103 Å². The highest BCUT2D eigenvalue weighted by atomic mass is 16.7. The van der Waals surface area contributed by atoms with E-state index in [2.05, 4.69) is 25.2 Å². The smallest absolute Gasteiger partial charge is 0.306 e. The molecule has 9 unspecified atom stereocenters. The van der Waals surface area contributed by atoms with Crippen LogP contribution in [0.4, 0.5) is 0 Å². The first-order chi connectivity index (χ1) is 24.1. The van der Waals surface area contributed by atoms with Crippen molar-refractivity contribution in [1.82, 2.24) is 0 Å². The number of ketones is 1. The molecule has 0 spiro atoms. The highest BCUT2D eigenvalue weighted by Crippen LogP contribution is 2.54. The fourth-order valence-corrected chi connectivity index (χ4v) is 9.75. The molecule has 3 saturated heterocycles. The average molecular weight is 704 g/mol. The van der Waals surface area contributed by atoms with Crippen molar-refractivity contribution in [2.24, 2.45) is 41.2 Å². The first-order valence-electron chi connectivity index (χ1n) is 19.2. The lowest BCUT2D eigenvalue weighted by Gasteiger charge is -2.44. The predicted molar refractivity (Wildman–Crippen MR) is 185 cm³/mol. The van der Waals surface area contributed by atoms with Crippen LogP contribution in [0.15, 0.2) is 23.8 Å². The van der Waals surface area contributed by atoms with Crippen molar-refractivity contribution in [2.75, 3.05) is 21.3 Å². The number of Topliss-reactive ketones (excluding diaryl/α,β-unsaturated/α-hetero) is 1. The molecule has 6 aliphatic rings. The van der Waals surface area contributed by atoms with Gasteiger partial charge in [0.25, 0.3) is 0 Å². The van der Waals surface area contributed by atoms with Gasteiger partial charge in [-0.3, -0.25) is 9.59 Å². The Morgan fingerprint density at radius 2 is 1.60 bits per heavy atom. The monoisotopic (exact) mass is 703 g/mol. The Balaban J connectivity index is 1.21. The van der Waals surface area contributed by atoms with Crippen LogP contribution in [-0.2, 0) is 47.5 Å². The van der Waals surface area contributed by atoms with E-state index in [0.717, 1.165) is 44.1 Å². The van der Waals surface area contributed by atoms with E-state index in [1.807, 2.05) is 20.8 Å². The van der Waals surface area contributed by atoms with E-state index < -0.39 is 12.4 Å². The molecule has 0 aromatic heterocycles. The van der Waals surface area contributed by atoms with E-state index in [1.54, 1.807) is 21.3 Å². The molecule has 282 valence electrons. The second-order valence-corrected chi connectivity index (χ2v) is 15.6. The molecule has 11 heteroatoms. The zero-order chi connectivity index (χ0) is 35.7. The normalized spacial score (nSPS) is 47.0. The minimum Gasteiger partial charge on any atom is -0.462 e. The second kappa shape index (κ2) is 16.5. The van der Waals surface area contributed by atoms with Crippen LogP contribution in [-0.4, -0.2) is 101 Å². The number of ether oxygens (including phenoxy) is 8. The highest BCUT2D eigenvalue weighted by Gasteiger charge is 2.52. The summed E-state index contributed by atoms with van der Waals surface area (Å²) < 4.78 is 49.1. The molecule has 3 aliphatic heterocycles. The number of fused-ring (bicyclic) bond motifs is 5. The van der Waals surface area contributed by atoms with E-state index >= 15 is 0 Å². The minimum absolute atomic E-state index is 0.0131. The third-order valence-electron chi connectivity index (χ3n) is 12.7. The number of esters is 1. The third-order valence-corrected chi connectivity index (χ3v) is 12.7. The quantitative estimate of drug-likeness (QED) is 0.274. The van der Waals surface area contributed by atoms with Crippen LogP contribution in [0.25, 0.3) is 0 Å². The van der Waals surface area contributed by atoms with Gasteiger partial charge in [0, 0.05) is 39.2 Å². The van der Waals surface area contributed by atoms with Crippen LogP contribution in [0.5, 0.6) is 0 Å². The van der Waals surface area contributed by atoms with E-state index in [9.17, 15) is 9.59 Å². The molecule has 6 rings (SSSR count). The summed E-state index contributed by atoms with van der Waals surface area (Å²) in [5.41, 5.74) is 6.96. The zero-order valence-corrected chi connectivity index (χ0v) is 31.1. The number of carbonyl (C=O) groups excluding carboxylic acids is 2. The second-order valence-electron chi connectivity index (χ2n) is 15.6. The zero-order valence-electron chi connectivity index (χ0n) is 31.1. The van der Waals surface area contributed by atoms with E-state index in [0.29, 0.717) is 18.8 Å². The summed E-state index contributed by atoms with van der Waals surface area (Å²) in [6.07, 6.45) is 10.2. The van der Waals surface area contributed by atoms with E-state index in [1.165, 1.54) is 0 Å². The standard InChI is InChI=1S/C39H61NO10/c1-8-24-10-9-11-32(50-34-15-14-31(40)21(3)46-34)20(2)35(42)30-18-28-26(29(30)19-33(41)48-24)13-12-23-16-25(17-27(23)28)49-39-38(45-7)37(44-6)36(43-5)22(4)47-39/h12-13,18,20-29,31-32,34,36-39H,8-11,14-17,19,40H2,1-7H3/t20-,21?,22?,23?,24+,25-,26-,27-,28-,29+,31?,32+,34?,36?,37?,38?,39?/m1/s1. The number of rotatable bonds is 8. The van der Waals surface area contributed by atoms with Gasteiger partial charge in [0.2, 0.25) is 0 Å². The van der Waals surface area contributed by atoms with Gasteiger partial charge in [-0.05, 0) is 94.5 Å². The lowest BCUT2D eigenvalue weighted by Crippen LogP contribution is -2.59. The van der Waals surface area contributed by atoms with Crippen LogP contribution >= 0.6 is 0 Å². The topological polar surface area (TPSA) is 134 Å². The van der Waals surface area contributed by atoms with Crippen LogP contribution in [0.2, 0.25) is 0 Å². The number of allylic oxidation sites excluding steroid dienone is 4. The summed E-state index contributed by atoms with van der Waals surface area (Å²) in [5.74, 6) is -0.0500. The van der Waals surface area contributed by atoms with Crippen molar-refractivity contribution in [3.63, 3.8) is 0 Å². The molecule has 0 bridgehead atoms. The number of hydrogen-bond acceptors (Lipinski definition) is 11. The third kappa shape index (κ3) is 7.81. The van der Waals surface area contributed by atoms with Gasteiger partial charge in [-0.1, -0.05) is 32.1 Å². The lowest BCUT2D eigenvalue weighted by atomic mass is 9.70. The van der Waals surface area contributed by atoms with Crippen LogP contribution in [0.1, 0.15) is 85.5 Å². The molecule has 50 heavy (non-hydrogen) atoms. The molecule has 0 radical (unpaired) electrons. The number of cyclic esters (lactones) is 1. The van der Waals surface area contributed by atoms with Gasteiger partial charge in [-0.25, -0.2) is 0 Å². The Hall–Kier alpha value is -1.70. The van der Waals surface area contributed by atoms with Crippen molar-refractivity contribution in [3.8, 4) is 0 Å². The van der Waals surface area contributed by atoms with Gasteiger partial charge >= 0.3 is 5.97 Å². The van der Waals surface area contributed by atoms with Gasteiger partial charge in [0.1, 0.15) is 24.4 Å². The maximum absolute atomic E-state index is 14.5. The van der Waals surface area contributed by atoms with E-state index in [4.69, 9.17) is 43.6 Å². The van der Waals surface area contributed by atoms with Gasteiger partial charge < -0.3 is 43.6 Å². The molecule has 0 amide bonds. The van der Waals surface area contributed by atoms with Crippen molar-refractivity contribution < 1.29 is 47.5 Å². The van der Waals surface area contributed by atoms with Crippen LogP contribution < -0.4 is 5.73 Å². The Labute approximate surface area is 298 Å². The predicted octanol–water partition coefficient (Wildman–Crippen LogP) is 4.88. The van der Waals surface area contributed by atoms with Gasteiger partial charge in [0.05, 0.1) is 30.8 Å². The summed E-state index contributed by atoms with van der Waals surface area (Å²) in [7, 11) is 4.96. The van der Waals surface area contributed by atoms with Crippen molar-refractivity contribution in [1.29, 1.82) is 0 Å². The van der Waals surface area contributed by atoms with Crippen LogP contribution in [0, 0.1) is 35.5 Å². The van der Waals surface area contributed by atoms with Crippen LogP contribution in [0.3, 0.4) is 0 Å². The summed E-state index contributed by atoms with van der Waals surface area (Å²) in [5, 5.41) is 0. The SMILES string of the molecule is CC[C@H]1CCC[C@H](OC2CCC(N)C(C)O2)[C@@H](C)C(=O)C2=C[C@@H]3[C@@H](C=CC4C[C@@H](OC5OC(C)C(OC)C(OC)C5OC)C[C@H]43)[C@@H]2CC(=O)O1. The Morgan fingerprint density at radius 3 is 2.30 bits per heavy atom. The molecule has 11 nitrogen and oxygen atoms in total. The first kappa shape index (κ1) is 38.0. The highest BCUT2D eigenvalue weighted by molar-refractivity contribution is 5.99. The number of carbonyl (C=O) groups is 2. The number of methoxy groups -OCH3 is 3. The summed E-state index contributed by atoms with van der Waals surface area (Å²) in [6.45, 7) is 8.00. The largest absolute Gasteiger partial charge is 0.462 e. The van der Waals surface area contributed by atoms with Gasteiger partial charge in [0.15, 0.2) is 18.4 Å². The molecule has 3 heterocycles. The van der Waals surface area contributed by atoms with Gasteiger partial charge in [-0.15, -0.1) is 0 Å². The minimum atomic E-state index is -0.597. The maximum Gasteiger partial charge on any atom is 0.306 e. The fraction of sp³-hybridized carbons (Fsp3) is 0.846. The summed E-state index contributed by atoms with van der Waals surface area (Å²) in [6, 6.07) is -0.0131. The first-order valence-corrected chi connectivity index (χ1v) is 19.2. The molecule has 17 atom stereocenters. The van der Waals surface area contributed by atoms with Crippen molar-refractivity contribution in [2.45, 2.75) is 153 Å². The number of nitrogens with two attached hydrogens (primary N) is 1. The fourth-order valence-electron chi connectivity index (χ4n) is 9.75. The molecular weight excluding hydrogens is 642 g/mol. The molecule has 1 saturated carbocycles. The lowest BCUT2D eigenvalue weighted by molar-refractivity contribution is -0.314. The molecule has 4 fully saturated rings. The van der Waals surface area contributed by atoms with Crippen molar-refractivity contribution >= 4 is 11.8 Å². The Kier molecular flexibility index (Phi) is 12.6. The summed E-state index contributed by atoms with van der Waals surface area (Å²) in [4.78, 5) is 28.0. The molecule has 0 aromatic carbocycles.